The molecule has 0 amide bonds. The lowest BCUT2D eigenvalue weighted by Gasteiger charge is -2.23. The topological polar surface area (TPSA) is 47.6 Å². The van der Waals surface area contributed by atoms with E-state index >= 15 is 0 Å². The summed E-state index contributed by atoms with van der Waals surface area (Å²) in [6.45, 7) is 6.99. The van der Waals surface area contributed by atoms with Crippen molar-refractivity contribution >= 4 is 0 Å². The van der Waals surface area contributed by atoms with Crippen LogP contribution in [0.25, 0.3) is 0 Å². The van der Waals surface area contributed by atoms with E-state index in [-0.39, 0.29) is 0 Å². The van der Waals surface area contributed by atoms with Crippen LogP contribution in [-0.4, -0.2) is 0 Å². The van der Waals surface area contributed by atoms with Crippen LogP contribution in [0.3, 0.4) is 0 Å². The fourth-order valence-corrected chi connectivity index (χ4v) is 7.29. The van der Waals surface area contributed by atoms with E-state index in [4.69, 9.17) is 10.5 Å². The summed E-state index contributed by atoms with van der Waals surface area (Å²) in [5.74, 6) is 1.36. The second-order valence-corrected chi connectivity index (χ2v) is 14.3. The third kappa shape index (κ3) is 22.4. The monoisotopic (exact) mass is 619 g/mol. The summed E-state index contributed by atoms with van der Waals surface area (Å²) in [6.07, 6.45) is 38.6. The van der Waals surface area contributed by atoms with Crippen molar-refractivity contribution in [3.63, 3.8) is 0 Å². The molecule has 0 saturated carbocycles. The Morgan fingerprint density at radius 2 is 0.822 bits per heavy atom. The van der Waals surface area contributed by atoms with Gasteiger partial charge in [0, 0.05) is 12.8 Å². The summed E-state index contributed by atoms with van der Waals surface area (Å²) in [4.78, 5) is 0. The Balaban J connectivity index is 2.81. The Bertz CT molecular complexity index is 875. The second-order valence-electron chi connectivity index (χ2n) is 14.3. The molecule has 0 spiro atoms. The summed E-state index contributed by atoms with van der Waals surface area (Å²) in [5.41, 5.74) is 4.72. The second kappa shape index (κ2) is 30.8. The maximum absolute atomic E-state index is 8.89. The van der Waals surface area contributed by atoms with Gasteiger partial charge in [0.25, 0.3) is 0 Å². The fourth-order valence-electron chi connectivity index (χ4n) is 7.29. The van der Waals surface area contributed by atoms with Crippen LogP contribution in [0, 0.1) is 29.6 Å². The van der Waals surface area contributed by atoms with Crippen molar-refractivity contribution in [3.05, 3.63) is 34.9 Å². The summed E-state index contributed by atoms with van der Waals surface area (Å²) >= 11 is 0. The van der Waals surface area contributed by atoms with Gasteiger partial charge in [0.15, 0.2) is 0 Å². The van der Waals surface area contributed by atoms with Crippen LogP contribution < -0.4 is 0 Å². The molecule has 0 N–H and O–H groups in total. The minimum atomic E-state index is 0.681. The summed E-state index contributed by atoms with van der Waals surface area (Å²) in [5, 5.41) is 17.8. The van der Waals surface area contributed by atoms with E-state index in [0.29, 0.717) is 24.7 Å². The van der Waals surface area contributed by atoms with Gasteiger partial charge in [0.05, 0.1) is 12.1 Å². The molecule has 0 radical (unpaired) electrons. The van der Waals surface area contributed by atoms with Crippen molar-refractivity contribution < 1.29 is 0 Å². The quantitative estimate of drug-likeness (QED) is 0.0754. The zero-order valence-corrected chi connectivity index (χ0v) is 30.5. The third-order valence-electron chi connectivity index (χ3n) is 10.2. The number of aryl methyl sites for hydroxylation is 1. The van der Waals surface area contributed by atoms with Gasteiger partial charge in [0.2, 0.25) is 0 Å². The predicted octanol–water partition coefficient (Wildman–Crippen LogP) is 15.0. The van der Waals surface area contributed by atoms with E-state index in [1.54, 1.807) is 11.1 Å². The predicted molar refractivity (Wildman–Crippen MR) is 198 cm³/mol. The zero-order valence-electron chi connectivity index (χ0n) is 30.5. The van der Waals surface area contributed by atoms with Crippen LogP contribution in [-0.2, 0) is 0 Å². The van der Waals surface area contributed by atoms with Gasteiger partial charge < -0.3 is 0 Å². The van der Waals surface area contributed by atoms with Crippen LogP contribution >= 0.6 is 0 Å². The average Bonchev–Trinajstić information content (AvgIpc) is 3.05. The first-order valence-electron chi connectivity index (χ1n) is 20.0. The van der Waals surface area contributed by atoms with Gasteiger partial charge in [-0.05, 0) is 74.0 Å². The van der Waals surface area contributed by atoms with Gasteiger partial charge in [-0.3, -0.25) is 0 Å². The lowest BCUT2D eigenvalue weighted by Crippen LogP contribution is -2.05. The van der Waals surface area contributed by atoms with Gasteiger partial charge >= 0.3 is 0 Å². The molecule has 1 aromatic rings. The minimum Gasteiger partial charge on any atom is -0.198 e. The van der Waals surface area contributed by atoms with Gasteiger partial charge in [-0.25, -0.2) is 0 Å². The highest BCUT2D eigenvalue weighted by Gasteiger charge is 2.17. The Kier molecular flexibility index (Phi) is 28.2. The van der Waals surface area contributed by atoms with Crippen LogP contribution in [0.2, 0.25) is 0 Å². The molecular formula is C43H74N2. The first kappa shape index (κ1) is 41.2. The van der Waals surface area contributed by atoms with Crippen LogP contribution in [0.4, 0.5) is 0 Å². The van der Waals surface area contributed by atoms with Gasteiger partial charge in [-0.2, -0.15) is 10.5 Å². The Hall–Kier alpha value is -1.80. The maximum Gasteiger partial charge on any atom is 0.0621 e. The summed E-state index contributed by atoms with van der Waals surface area (Å²) in [6, 6.07) is 12.2. The summed E-state index contributed by atoms with van der Waals surface area (Å²) in [7, 11) is 0. The molecule has 0 aliphatic rings. The first-order valence-corrected chi connectivity index (χ1v) is 20.0. The van der Waals surface area contributed by atoms with E-state index in [2.05, 4.69) is 51.1 Å². The van der Waals surface area contributed by atoms with Gasteiger partial charge in [0.1, 0.15) is 0 Å². The molecule has 2 atom stereocenters. The minimum absolute atomic E-state index is 0.681. The normalized spacial score (nSPS) is 12.6. The molecule has 1 rings (SSSR count). The maximum atomic E-state index is 8.89. The highest BCUT2D eigenvalue weighted by atomic mass is 14.2. The largest absolute Gasteiger partial charge is 0.198 e. The molecule has 0 heterocycles. The first-order chi connectivity index (χ1) is 22.2. The van der Waals surface area contributed by atoms with Crippen molar-refractivity contribution in [1.82, 2.24) is 0 Å². The number of benzene rings is 1. The molecule has 0 bridgehead atoms. The average molecular weight is 619 g/mol. The molecule has 1 aromatic carbocycles. The number of hydrogen-bond donors (Lipinski definition) is 0. The molecular weight excluding hydrogens is 544 g/mol. The molecule has 45 heavy (non-hydrogen) atoms. The van der Waals surface area contributed by atoms with E-state index in [9.17, 15) is 0 Å². The summed E-state index contributed by atoms with van der Waals surface area (Å²) < 4.78 is 0. The van der Waals surface area contributed by atoms with Crippen LogP contribution in [0.1, 0.15) is 235 Å². The molecule has 2 nitrogen and oxygen atoms in total. The highest BCUT2D eigenvalue weighted by Crippen LogP contribution is 2.35. The Labute approximate surface area is 282 Å². The zero-order chi connectivity index (χ0) is 32.6. The molecule has 0 aliphatic heterocycles. The molecule has 0 aliphatic carbocycles. The smallest absolute Gasteiger partial charge is 0.0621 e. The molecule has 2 unspecified atom stereocenters. The van der Waals surface area contributed by atoms with Gasteiger partial charge in [-0.15, -0.1) is 0 Å². The van der Waals surface area contributed by atoms with Crippen molar-refractivity contribution in [2.24, 2.45) is 0 Å². The van der Waals surface area contributed by atoms with Crippen molar-refractivity contribution in [3.8, 4) is 12.1 Å². The standard InChI is InChI=1S/C43H74N2/c1-4-6-8-10-12-14-18-24-30-40(31-25-20-16-22-28-36-44)42-34-35-43(39(3)38-42)41(33-27-21-17-23-29-37-45)32-26-19-15-13-11-9-7-5-2/h34-35,38,40-41H,4-33H2,1-3H3. The molecule has 0 aromatic heterocycles. The van der Waals surface area contributed by atoms with E-state index < -0.39 is 0 Å². The Morgan fingerprint density at radius 1 is 0.467 bits per heavy atom. The van der Waals surface area contributed by atoms with Crippen molar-refractivity contribution in [2.75, 3.05) is 0 Å². The van der Waals surface area contributed by atoms with Crippen LogP contribution in [0.15, 0.2) is 18.2 Å². The van der Waals surface area contributed by atoms with E-state index in [1.807, 2.05) is 0 Å². The number of hydrogen-bond acceptors (Lipinski definition) is 2. The van der Waals surface area contributed by atoms with Crippen LogP contribution in [0.5, 0.6) is 0 Å². The molecule has 256 valence electrons. The molecule has 0 saturated heterocycles. The van der Waals surface area contributed by atoms with Crippen molar-refractivity contribution in [1.29, 1.82) is 10.5 Å². The van der Waals surface area contributed by atoms with Gasteiger partial charge in [-0.1, -0.05) is 173 Å². The number of unbranched alkanes of at least 4 members (excludes halogenated alkanes) is 22. The van der Waals surface area contributed by atoms with E-state index in [0.717, 1.165) is 12.8 Å². The number of rotatable bonds is 32. The third-order valence-corrected chi connectivity index (χ3v) is 10.2. The van der Waals surface area contributed by atoms with E-state index in [1.165, 1.54) is 173 Å². The van der Waals surface area contributed by atoms with Crippen molar-refractivity contribution in [2.45, 2.75) is 225 Å². The molecule has 2 heteroatoms. The molecule has 0 fully saturated rings. The SMILES string of the molecule is CCCCCCCCCCC(CCCCCCC#N)c1ccc(C(CCCCCCC#N)CCCCCCCCCC)c(C)c1. The lowest BCUT2D eigenvalue weighted by atomic mass is 9.82. The Morgan fingerprint density at radius 3 is 1.20 bits per heavy atom. The highest BCUT2D eigenvalue weighted by molar-refractivity contribution is 5.35. The number of nitriles is 2. The number of nitrogens with zero attached hydrogens (tertiary/aromatic N) is 2. The lowest BCUT2D eigenvalue weighted by molar-refractivity contribution is 0.482. The fraction of sp³-hybridized carbons (Fsp3) is 0.814.